The molecule has 0 spiro atoms. The number of H-pyrrole nitrogens is 2. The first-order valence-electron chi connectivity index (χ1n) is 5.89. The van der Waals surface area contributed by atoms with Gasteiger partial charge in [-0.3, -0.25) is 14.6 Å². The molecule has 4 N–H and O–H groups in total. The fourth-order valence-corrected chi connectivity index (χ4v) is 2.17. The highest BCUT2D eigenvalue weighted by Crippen LogP contribution is 2.00. The van der Waals surface area contributed by atoms with Crippen LogP contribution in [0.5, 0.6) is 0 Å². The SMILES string of the molecule is O=C(Cc1cc(=O)[nH]c(=O)[nH]1)NCCSCCCO. The molecule has 0 aromatic carbocycles. The Morgan fingerprint density at radius 2 is 2.11 bits per heavy atom. The maximum absolute atomic E-state index is 11.5. The van der Waals surface area contributed by atoms with Crippen molar-refractivity contribution in [1.29, 1.82) is 0 Å². The van der Waals surface area contributed by atoms with E-state index in [9.17, 15) is 14.4 Å². The summed E-state index contributed by atoms with van der Waals surface area (Å²) < 4.78 is 0. The predicted molar refractivity (Wildman–Crippen MR) is 73.4 cm³/mol. The zero-order chi connectivity index (χ0) is 14.1. The average Bonchev–Trinajstić information content (AvgIpc) is 2.32. The molecule has 19 heavy (non-hydrogen) atoms. The van der Waals surface area contributed by atoms with Crippen molar-refractivity contribution >= 4 is 17.7 Å². The minimum atomic E-state index is -0.616. The average molecular weight is 287 g/mol. The number of nitrogens with one attached hydrogen (secondary N) is 3. The standard InChI is InChI=1S/C11H17N3O4S/c15-3-1-4-19-5-2-12-9(16)6-8-7-10(17)14-11(18)13-8/h7,15H,1-6H2,(H,12,16)(H2,13,14,17,18). The number of rotatable bonds is 8. The Kier molecular flexibility index (Phi) is 6.98. The van der Waals surface area contributed by atoms with E-state index in [1.807, 2.05) is 4.98 Å². The summed E-state index contributed by atoms with van der Waals surface area (Å²) in [7, 11) is 0. The third kappa shape index (κ3) is 6.82. The molecule has 0 atom stereocenters. The van der Waals surface area contributed by atoms with Gasteiger partial charge < -0.3 is 15.4 Å². The van der Waals surface area contributed by atoms with E-state index in [1.165, 1.54) is 6.07 Å². The van der Waals surface area contributed by atoms with Crippen molar-refractivity contribution in [2.45, 2.75) is 12.8 Å². The monoisotopic (exact) mass is 287 g/mol. The normalized spacial score (nSPS) is 10.4. The maximum atomic E-state index is 11.5. The number of aliphatic hydroxyl groups is 1. The maximum Gasteiger partial charge on any atom is 0.325 e. The number of aromatic amines is 2. The number of amides is 1. The first-order chi connectivity index (χ1) is 9.11. The molecule has 7 nitrogen and oxygen atoms in total. The predicted octanol–water partition coefficient (Wildman–Crippen LogP) is -1.16. The van der Waals surface area contributed by atoms with Crippen molar-refractivity contribution in [3.63, 3.8) is 0 Å². The summed E-state index contributed by atoms with van der Waals surface area (Å²) in [6.07, 6.45) is 0.715. The largest absolute Gasteiger partial charge is 0.396 e. The Morgan fingerprint density at radius 1 is 1.32 bits per heavy atom. The van der Waals surface area contributed by atoms with Crippen LogP contribution in [0.1, 0.15) is 12.1 Å². The van der Waals surface area contributed by atoms with Gasteiger partial charge in [-0.05, 0) is 12.2 Å². The van der Waals surface area contributed by atoms with E-state index < -0.39 is 11.2 Å². The highest BCUT2D eigenvalue weighted by Gasteiger charge is 2.04. The number of thioether (sulfide) groups is 1. The van der Waals surface area contributed by atoms with E-state index in [0.29, 0.717) is 12.2 Å². The third-order valence-electron chi connectivity index (χ3n) is 2.18. The van der Waals surface area contributed by atoms with Crippen LogP contribution in [0.4, 0.5) is 0 Å². The van der Waals surface area contributed by atoms with Gasteiger partial charge in [0.05, 0.1) is 6.42 Å². The topological polar surface area (TPSA) is 115 Å². The Labute approximate surface area is 113 Å². The second-order valence-corrected chi connectivity index (χ2v) is 5.05. The molecule has 1 amide bonds. The summed E-state index contributed by atoms with van der Waals surface area (Å²) in [6.45, 7) is 0.692. The molecule has 8 heteroatoms. The van der Waals surface area contributed by atoms with Crippen molar-refractivity contribution in [2.24, 2.45) is 0 Å². The molecule has 1 heterocycles. The molecule has 1 rings (SSSR count). The number of hydrogen-bond donors (Lipinski definition) is 4. The molecule has 0 radical (unpaired) electrons. The van der Waals surface area contributed by atoms with E-state index in [4.69, 9.17) is 5.11 Å². The first-order valence-corrected chi connectivity index (χ1v) is 7.05. The van der Waals surface area contributed by atoms with Crippen LogP contribution in [0.3, 0.4) is 0 Å². The van der Waals surface area contributed by atoms with Gasteiger partial charge in [0.2, 0.25) is 5.91 Å². The number of carbonyl (C=O) groups excluding carboxylic acids is 1. The molecule has 1 aromatic rings. The van der Waals surface area contributed by atoms with Crippen LogP contribution >= 0.6 is 11.8 Å². The second kappa shape index (κ2) is 8.54. The van der Waals surface area contributed by atoms with Crippen LogP contribution in [0, 0.1) is 0 Å². The van der Waals surface area contributed by atoms with Crippen molar-refractivity contribution < 1.29 is 9.90 Å². The lowest BCUT2D eigenvalue weighted by atomic mass is 10.3. The lowest BCUT2D eigenvalue weighted by molar-refractivity contribution is -0.120. The smallest absolute Gasteiger partial charge is 0.325 e. The number of carbonyl (C=O) groups is 1. The Hall–Kier alpha value is -1.54. The van der Waals surface area contributed by atoms with Gasteiger partial charge in [0.25, 0.3) is 5.56 Å². The zero-order valence-electron chi connectivity index (χ0n) is 10.4. The molecule has 0 aliphatic carbocycles. The van der Waals surface area contributed by atoms with E-state index in [2.05, 4.69) is 10.3 Å². The van der Waals surface area contributed by atoms with Crippen LogP contribution in [0.15, 0.2) is 15.7 Å². The van der Waals surface area contributed by atoms with E-state index in [0.717, 1.165) is 17.9 Å². The van der Waals surface area contributed by atoms with Gasteiger partial charge in [-0.15, -0.1) is 0 Å². The molecule has 0 fully saturated rings. The third-order valence-corrected chi connectivity index (χ3v) is 3.25. The Bertz CT molecular complexity index is 483. The molecular weight excluding hydrogens is 270 g/mol. The molecule has 0 aliphatic rings. The molecular formula is C11H17N3O4S. The van der Waals surface area contributed by atoms with Crippen LogP contribution in [-0.4, -0.2) is 45.6 Å². The van der Waals surface area contributed by atoms with Crippen LogP contribution in [0.25, 0.3) is 0 Å². The summed E-state index contributed by atoms with van der Waals surface area (Å²) in [5.74, 6) is 1.37. The van der Waals surface area contributed by atoms with Crippen molar-refractivity contribution in [2.75, 3.05) is 24.7 Å². The Morgan fingerprint density at radius 3 is 2.79 bits per heavy atom. The summed E-state index contributed by atoms with van der Waals surface area (Å²) >= 11 is 1.64. The minimum Gasteiger partial charge on any atom is -0.396 e. The highest BCUT2D eigenvalue weighted by atomic mass is 32.2. The zero-order valence-corrected chi connectivity index (χ0v) is 11.2. The van der Waals surface area contributed by atoms with Crippen LogP contribution in [-0.2, 0) is 11.2 Å². The van der Waals surface area contributed by atoms with Gasteiger partial charge in [-0.2, -0.15) is 11.8 Å². The number of aromatic nitrogens is 2. The quantitative estimate of drug-likeness (QED) is 0.450. The Balaban J connectivity index is 2.27. The fraction of sp³-hybridized carbons (Fsp3) is 0.545. The number of hydrogen-bond acceptors (Lipinski definition) is 5. The minimum absolute atomic E-state index is 0.0273. The van der Waals surface area contributed by atoms with E-state index in [-0.39, 0.29) is 18.9 Å². The molecule has 0 unspecified atom stereocenters. The first kappa shape index (κ1) is 15.5. The summed E-state index contributed by atoms with van der Waals surface area (Å²) in [6, 6.07) is 1.19. The highest BCUT2D eigenvalue weighted by molar-refractivity contribution is 7.99. The van der Waals surface area contributed by atoms with Gasteiger partial charge >= 0.3 is 5.69 Å². The van der Waals surface area contributed by atoms with Crippen LogP contribution in [0.2, 0.25) is 0 Å². The van der Waals surface area contributed by atoms with Crippen molar-refractivity contribution in [1.82, 2.24) is 15.3 Å². The van der Waals surface area contributed by atoms with E-state index >= 15 is 0 Å². The van der Waals surface area contributed by atoms with Gasteiger partial charge in [0.15, 0.2) is 0 Å². The van der Waals surface area contributed by atoms with Crippen molar-refractivity contribution in [3.05, 3.63) is 32.6 Å². The van der Waals surface area contributed by atoms with Gasteiger partial charge in [-0.25, -0.2) is 4.79 Å². The number of aliphatic hydroxyl groups excluding tert-OH is 1. The van der Waals surface area contributed by atoms with Gasteiger partial charge in [-0.1, -0.05) is 0 Å². The van der Waals surface area contributed by atoms with Gasteiger partial charge in [0, 0.05) is 30.7 Å². The second-order valence-electron chi connectivity index (χ2n) is 3.83. The lowest BCUT2D eigenvalue weighted by Crippen LogP contribution is -2.30. The summed E-state index contributed by atoms with van der Waals surface area (Å²) in [5, 5.41) is 11.3. The van der Waals surface area contributed by atoms with Crippen LogP contribution < -0.4 is 16.6 Å². The molecule has 106 valence electrons. The molecule has 0 bridgehead atoms. The summed E-state index contributed by atoms with van der Waals surface area (Å²) in [5.41, 5.74) is -0.847. The molecule has 0 aliphatic heterocycles. The van der Waals surface area contributed by atoms with E-state index in [1.54, 1.807) is 11.8 Å². The molecule has 0 saturated heterocycles. The summed E-state index contributed by atoms with van der Waals surface area (Å²) in [4.78, 5) is 38.0. The van der Waals surface area contributed by atoms with Gasteiger partial charge in [0.1, 0.15) is 0 Å². The molecule has 0 saturated carbocycles. The van der Waals surface area contributed by atoms with Crippen molar-refractivity contribution in [3.8, 4) is 0 Å². The fourth-order valence-electron chi connectivity index (χ4n) is 1.38. The lowest BCUT2D eigenvalue weighted by Gasteiger charge is -2.04. The molecule has 1 aromatic heterocycles.